The molecule has 4 heteroatoms. The summed E-state index contributed by atoms with van der Waals surface area (Å²) in [6, 6.07) is 6.92. The molecule has 0 spiro atoms. The fourth-order valence-corrected chi connectivity index (χ4v) is 3.15. The van der Waals surface area contributed by atoms with E-state index in [-0.39, 0.29) is 23.7 Å². The summed E-state index contributed by atoms with van der Waals surface area (Å²) in [7, 11) is 0. The Kier molecular flexibility index (Phi) is 5.95. The zero-order valence-corrected chi connectivity index (χ0v) is 13.6. The summed E-state index contributed by atoms with van der Waals surface area (Å²) in [6.07, 6.45) is 3.41. The van der Waals surface area contributed by atoms with Gasteiger partial charge in [0, 0.05) is 25.0 Å². The van der Waals surface area contributed by atoms with Gasteiger partial charge < -0.3 is 10.6 Å². The van der Waals surface area contributed by atoms with Crippen molar-refractivity contribution in [2.45, 2.75) is 45.6 Å². The number of rotatable bonds is 5. The lowest BCUT2D eigenvalue weighted by molar-refractivity contribution is -0.137. The number of aryl methyl sites for hydroxylation is 1. The lowest BCUT2D eigenvalue weighted by Crippen LogP contribution is -2.46. The minimum Gasteiger partial charge on any atom is -0.342 e. The molecule has 0 aromatic heterocycles. The topological polar surface area (TPSA) is 46.3 Å². The molecule has 1 heterocycles. The minimum absolute atomic E-state index is 0.0774. The van der Waals surface area contributed by atoms with Crippen molar-refractivity contribution >= 4 is 5.91 Å². The van der Waals surface area contributed by atoms with E-state index in [1.165, 1.54) is 6.07 Å². The maximum Gasteiger partial charge on any atom is 0.225 e. The van der Waals surface area contributed by atoms with E-state index in [1.54, 1.807) is 12.1 Å². The second-order valence-electron chi connectivity index (χ2n) is 6.58. The van der Waals surface area contributed by atoms with Crippen molar-refractivity contribution in [3.8, 4) is 0 Å². The molecule has 3 atom stereocenters. The highest BCUT2D eigenvalue weighted by Gasteiger charge is 2.28. The average Bonchev–Trinajstić information content (AvgIpc) is 2.53. The summed E-state index contributed by atoms with van der Waals surface area (Å²) < 4.78 is 13.6. The molecule has 0 unspecified atom stereocenters. The van der Waals surface area contributed by atoms with E-state index in [1.807, 2.05) is 24.8 Å². The molecule has 1 aliphatic rings. The molecular weight excluding hydrogens is 279 g/mol. The number of likely N-dealkylation sites (tertiary alicyclic amines) is 1. The van der Waals surface area contributed by atoms with Gasteiger partial charge in [0.2, 0.25) is 5.91 Å². The second-order valence-corrected chi connectivity index (χ2v) is 6.58. The molecule has 1 fully saturated rings. The third-order valence-electron chi connectivity index (χ3n) is 4.74. The van der Waals surface area contributed by atoms with E-state index in [0.29, 0.717) is 24.3 Å². The Labute approximate surface area is 132 Å². The molecule has 22 heavy (non-hydrogen) atoms. The molecule has 1 amide bonds. The molecule has 0 aliphatic carbocycles. The minimum atomic E-state index is -0.183. The van der Waals surface area contributed by atoms with Crippen molar-refractivity contribution in [1.82, 2.24) is 4.90 Å². The monoisotopic (exact) mass is 306 g/mol. The first-order valence-electron chi connectivity index (χ1n) is 8.26. The normalized spacial score (nSPS) is 21.5. The lowest BCUT2D eigenvalue weighted by Gasteiger charge is -2.36. The molecule has 122 valence electrons. The van der Waals surface area contributed by atoms with Gasteiger partial charge in [0.1, 0.15) is 5.82 Å². The van der Waals surface area contributed by atoms with Crippen LogP contribution >= 0.6 is 0 Å². The maximum atomic E-state index is 13.6. The summed E-state index contributed by atoms with van der Waals surface area (Å²) in [4.78, 5) is 14.5. The van der Waals surface area contributed by atoms with Gasteiger partial charge in [-0.3, -0.25) is 4.79 Å². The van der Waals surface area contributed by atoms with Crippen LogP contribution in [-0.2, 0) is 11.2 Å². The van der Waals surface area contributed by atoms with Crippen LogP contribution in [0.25, 0.3) is 0 Å². The van der Waals surface area contributed by atoms with Crippen molar-refractivity contribution < 1.29 is 9.18 Å². The van der Waals surface area contributed by atoms with E-state index in [2.05, 4.69) is 0 Å². The Morgan fingerprint density at radius 2 is 2.14 bits per heavy atom. The Bertz CT molecular complexity index is 504. The van der Waals surface area contributed by atoms with E-state index < -0.39 is 0 Å². The SMILES string of the molecule is C[C@H](CCc1ccccc1F)C(=O)N1CCC[C@@H]([C@H](C)N)C1. The number of piperidine rings is 1. The molecule has 1 aromatic rings. The van der Waals surface area contributed by atoms with Crippen LogP contribution < -0.4 is 5.73 Å². The fraction of sp³-hybridized carbons (Fsp3) is 0.611. The highest BCUT2D eigenvalue weighted by atomic mass is 19.1. The molecular formula is C18H27FN2O. The second kappa shape index (κ2) is 7.73. The smallest absolute Gasteiger partial charge is 0.225 e. The number of benzene rings is 1. The van der Waals surface area contributed by atoms with Gasteiger partial charge in [-0.1, -0.05) is 25.1 Å². The van der Waals surface area contributed by atoms with Crippen molar-refractivity contribution in [2.75, 3.05) is 13.1 Å². The number of nitrogens with two attached hydrogens (primary N) is 1. The highest BCUT2D eigenvalue weighted by Crippen LogP contribution is 2.22. The summed E-state index contributed by atoms with van der Waals surface area (Å²) >= 11 is 0. The number of hydrogen-bond donors (Lipinski definition) is 1. The van der Waals surface area contributed by atoms with Gasteiger partial charge >= 0.3 is 0 Å². The van der Waals surface area contributed by atoms with Crippen LogP contribution in [0.2, 0.25) is 0 Å². The van der Waals surface area contributed by atoms with Gasteiger partial charge in [-0.05, 0) is 50.2 Å². The Balaban J connectivity index is 1.88. The molecule has 1 aliphatic heterocycles. The first kappa shape index (κ1) is 16.9. The maximum absolute atomic E-state index is 13.6. The third kappa shape index (κ3) is 4.29. The number of amides is 1. The van der Waals surface area contributed by atoms with Crippen molar-refractivity contribution in [1.29, 1.82) is 0 Å². The zero-order valence-electron chi connectivity index (χ0n) is 13.6. The predicted molar refractivity (Wildman–Crippen MR) is 86.8 cm³/mol. The number of carbonyl (C=O) groups is 1. The van der Waals surface area contributed by atoms with Gasteiger partial charge in [0.15, 0.2) is 0 Å². The number of nitrogens with zero attached hydrogens (tertiary/aromatic N) is 1. The van der Waals surface area contributed by atoms with Crippen LogP contribution in [0.4, 0.5) is 4.39 Å². The average molecular weight is 306 g/mol. The van der Waals surface area contributed by atoms with E-state index >= 15 is 0 Å². The number of carbonyl (C=O) groups excluding carboxylic acids is 1. The number of halogens is 1. The van der Waals surface area contributed by atoms with Crippen LogP contribution in [0, 0.1) is 17.7 Å². The van der Waals surface area contributed by atoms with Gasteiger partial charge in [0.05, 0.1) is 0 Å². The Morgan fingerprint density at radius 1 is 1.41 bits per heavy atom. The third-order valence-corrected chi connectivity index (χ3v) is 4.74. The summed E-state index contributed by atoms with van der Waals surface area (Å²) in [5, 5.41) is 0. The standard InChI is InChI=1S/C18H27FN2O/c1-13(9-10-15-6-3-4-8-17(15)19)18(22)21-11-5-7-16(12-21)14(2)20/h3-4,6,8,13-14,16H,5,7,9-12,20H2,1-2H3/t13-,14+,16-/m1/s1. The summed E-state index contributed by atoms with van der Waals surface area (Å²) in [6.45, 7) is 5.55. The first-order chi connectivity index (χ1) is 10.5. The highest BCUT2D eigenvalue weighted by molar-refractivity contribution is 5.78. The van der Waals surface area contributed by atoms with Gasteiger partial charge in [-0.25, -0.2) is 4.39 Å². The Hall–Kier alpha value is -1.42. The fourth-order valence-electron chi connectivity index (χ4n) is 3.15. The molecule has 2 N–H and O–H groups in total. The van der Waals surface area contributed by atoms with Crippen molar-refractivity contribution in [3.63, 3.8) is 0 Å². The van der Waals surface area contributed by atoms with Crippen LogP contribution in [0.3, 0.4) is 0 Å². The van der Waals surface area contributed by atoms with E-state index in [0.717, 1.165) is 25.9 Å². The molecule has 1 aromatic carbocycles. The molecule has 3 nitrogen and oxygen atoms in total. The number of hydrogen-bond acceptors (Lipinski definition) is 2. The predicted octanol–water partition coefficient (Wildman–Crippen LogP) is 2.98. The van der Waals surface area contributed by atoms with Crippen LogP contribution in [0.1, 0.15) is 38.7 Å². The largest absolute Gasteiger partial charge is 0.342 e. The van der Waals surface area contributed by atoms with Crippen molar-refractivity contribution in [3.05, 3.63) is 35.6 Å². The van der Waals surface area contributed by atoms with E-state index in [9.17, 15) is 9.18 Å². The lowest BCUT2D eigenvalue weighted by atomic mass is 9.91. The molecule has 2 rings (SSSR count). The van der Waals surface area contributed by atoms with Crippen molar-refractivity contribution in [2.24, 2.45) is 17.6 Å². The van der Waals surface area contributed by atoms with Gasteiger partial charge in [-0.2, -0.15) is 0 Å². The first-order valence-corrected chi connectivity index (χ1v) is 8.26. The van der Waals surface area contributed by atoms with Crippen LogP contribution in [0.5, 0.6) is 0 Å². The van der Waals surface area contributed by atoms with Gasteiger partial charge in [-0.15, -0.1) is 0 Å². The zero-order chi connectivity index (χ0) is 16.1. The molecule has 0 radical (unpaired) electrons. The molecule has 0 bridgehead atoms. The quantitative estimate of drug-likeness (QED) is 0.909. The Morgan fingerprint density at radius 3 is 2.82 bits per heavy atom. The summed E-state index contributed by atoms with van der Waals surface area (Å²) in [5.74, 6) is 0.321. The van der Waals surface area contributed by atoms with Crippen LogP contribution in [0.15, 0.2) is 24.3 Å². The van der Waals surface area contributed by atoms with Gasteiger partial charge in [0.25, 0.3) is 0 Å². The van der Waals surface area contributed by atoms with Crippen LogP contribution in [-0.4, -0.2) is 29.9 Å². The molecule has 0 saturated carbocycles. The van der Waals surface area contributed by atoms with E-state index in [4.69, 9.17) is 5.73 Å². The molecule has 1 saturated heterocycles. The summed E-state index contributed by atoms with van der Waals surface area (Å²) in [5.41, 5.74) is 6.67.